The van der Waals surface area contributed by atoms with Crippen LogP contribution in [-0.2, 0) is 27.6 Å². The molecule has 2 rings (SSSR count). The smallest absolute Gasteiger partial charge is 0.178 e. The maximum atomic E-state index is 6.33. The van der Waals surface area contributed by atoms with Crippen molar-refractivity contribution < 1.29 is 27.6 Å². The number of ether oxygens (including phenoxy) is 2. The number of rotatable bonds is 36. The van der Waals surface area contributed by atoms with Gasteiger partial charge in [0.1, 0.15) is 5.41 Å². The molecule has 2 unspecified atom stereocenters. The van der Waals surface area contributed by atoms with Crippen LogP contribution in [0.15, 0.2) is 0 Å². The van der Waals surface area contributed by atoms with E-state index in [2.05, 4.69) is 13.8 Å². The summed E-state index contributed by atoms with van der Waals surface area (Å²) in [6.07, 6.45) is 43.0. The minimum absolute atomic E-state index is 0.0604. The second-order valence-corrected chi connectivity index (χ2v) is 16.6. The second kappa shape index (κ2) is 34.4. The van der Waals surface area contributed by atoms with Crippen LogP contribution in [0, 0.1) is 5.41 Å². The molecule has 0 aromatic carbocycles. The van der Waals surface area contributed by atoms with Crippen LogP contribution in [0.1, 0.15) is 219 Å². The van der Waals surface area contributed by atoms with Crippen LogP contribution in [0.4, 0.5) is 0 Å². The van der Waals surface area contributed by atoms with Gasteiger partial charge in [0.05, 0.1) is 13.2 Å². The third-order valence-electron chi connectivity index (χ3n) is 10.6. The fourth-order valence-corrected chi connectivity index (χ4v) is 8.80. The van der Waals surface area contributed by atoms with Crippen LogP contribution in [-0.4, -0.2) is 39.0 Å². The summed E-state index contributed by atoms with van der Waals surface area (Å²) in [7, 11) is -0.0167. The van der Waals surface area contributed by atoms with Gasteiger partial charge in [-0.1, -0.05) is 206 Å². The van der Waals surface area contributed by atoms with Crippen LogP contribution < -0.4 is 0 Å². The molecule has 2 atom stereocenters. The lowest BCUT2D eigenvalue weighted by Crippen LogP contribution is -2.57. The fraction of sp³-hybridized carbons (Fsp3) is 1.00. The van der Waals surface area contributed by atoms with E-state index in [4.69, 9.17) is 27.6 Å². The first-order valence-electron chi connectivity index (χ1n) is 21.6. The predicted molar refractivity (Wildman–Crippen MR) is 212 cm³/mol. The van der Waals surface area contributed by atoms with Crippen LogP contribution in [0.2, 0.25) is 0 Å². The van der Waals surface area contributed by atoms with Gasteiger partial charge in [0.25, 0.3) is 0 Å². The van der Waals surface area contributed by atoms with E-state index in [9.17, 15) is 0 Å². The summed E-state index contributed by atoms with van der Waals surface area (Å²) in [4.78, 5) is 0. The van der Waals surface area contributed by atoms with Gasteiger partial charge in [-0.15, -0.1) is 0 Å². The Labute approximate surface area is 308 Å². The van der Waals surface area contributed by atoms with Crippen LogP contribution in [0.25, 0.3) is 0 Å². The van der Waals surface area contributed by atoms with Gasteiger partial charge < -0.3 is 27.6 Å². The first kappa shape index (κ1) is 45.8. The summed E-state index contributed by atoms with van der Waals surface area (Å²) in [6.45, 7) is 6.96. The average molecular weight is 733 g/mol. The Hall–Kier alpha value is 0.620. The highest BCUT2D eigenvalue weighted by atomic mass is 31.1. The molecule has 2 saturated heterocycles. The lowest BCUT2D eigenvalue weighted by Gasteiger charge is -2.48. The minimum atomic E-state index is -0.555. The normalized spacial score (nSPS) is 22.2. The van der Waals surface area contributed by atoms with Gasteiger partial charge in [-0.2, -0.15) is 0 Å². The highest BCUT2D eigenvalue weighted by Crippen LogP contribution is 2.48. The Morgan fingerprint density at radius 3 is 0.939 bits per heavy atom. The molecule has 0 aromatic heterocycles. The van der Waals surface area contributed by atoms with Gasteiger partial charge >= 0.3 is 0 Å². The van der Waals surface area contributed by atoms with Gasteiger partial charge in [0, 0.05) is 13.2 Å². The molecule has 0 bridgehead atoms. The number of unbranched alkanes of at least 4 members (excludes halogenated alkanes) is 30. The quantitative estimate of drug-likeness (QED) is 0.0472. The van der Waals surface area contributed by atoms with E-state index in [1.54, 1.807) is 0 Å². The minimum Gasteiger partial charge on any atom is -0.351 e. The van der Waals surface area contributed by atoms with Crippen LogP contribution in [0.3, 0.4) is 0 Å². The molecule has 1 spiro atoms. The highest BCUT2D eigenvalue weighted by Gasteiger charge is 2.54. The van der Waals surface area contributed by atoms with Crippen LogP contribution >= 0.6 is 18.1 Å². The first-order chi connectivity index (χ1) is 24.3. The van der Waals surface area contributed by atoms with Gasteiger partial charge in [-0.25, -0.2) is 0 Å². The SMILES string of the molecule is CCCCCCCCCCCCCCCCCCOC1OPOC(OCCCCCCCCCCCCCCCCCC)C12COPOC2. The van der Waals surface area contributed by atoms with E-state index < -0.39 is 18.0 Å². The molecule has 6 nitrogen and oxygen atoms in total. The molecule has 0 aliphatic carbocycles. The molecule has 0 aromatic rings. The van der Waals surface area contributed by atoms with E-state index in [0.717, 1.165) is 12.8 Å². The molecular weight excluding hydrogens is 650 g/mol. The zero-order chi connectivity index (χ0) is 34.8. The molecule has 2 aliphatic rings. The largest absolute Gasteiger partial charge is 0.351 e. The van der Waals surface area contributed by atoms with Gasteiger partial charge in [-0.3, -0.25) is 0 Å². The maximum Gasteiger partial charge on any atom is 0.178 e. The Morgan fingerprint density at radius 2 is 0.653 bits per heavy atom. The summed E-state index contributed by atoms with van der Waals surface area (Å²) in [5.74, 6) is 0. The molecule has 0 amide bonds. The van der Waals surface area contributed by atoms with Crippen molar-refractivity contribution in [3.8, 4) is 0 Å². The number of hydrogen-bond acceptors (Lipinski definition) is 6. The van der Waals surface area contributed by atoms with E-state index >= 15 is 0 Å². The first-order valence-corrected chi connectivity index (χ1v) is 23.2. The van der Waals surface area contributed by atoms with Gasteiger partial charge in [0.2, 0.25) is 0 Å². The van der Waals surface area contributed by atoms with E-state index in [0.29, 0.717) is 26.4 Å². The molecule has 2 aliphatic heterocycles. The fourth-order valence-electron chi connectivity index (χ4n) is 7.23. The Balaban J connectivity index is 1.44. The molecule has 292 valence electrons. The maximum absolute atomic E-state index is 6.33. The van der Waals surface area contributed by atoms with Crippen LogP contribution in [0.5, 0.6) is 0 Å². The van der Waals surface area contributed by atoms with Gasteiger partial charge in [-0.05, 0) is 12.8 Å². The summed E-state index contributed by atoms with van der Waals surface area (Å²) >= 11 is 0. The monoisotopic (exact) mass is 733 g/mol. The van der Waals surface area contributed by atoms with Gasteiger partial charge in [0.15, 0.2) is 30.6 Å². The van der Waals surface area contributed by atoms with Crippen molar-refractivity contribution in [3.63, 3.8) is 0 Å². The Kier molecular flexibility index (Phi) is 32.1. The molecule has 0 N–H and O–H groups in total. The average Bonchev–Trinajstić information content (AvgIpc) is 3.12. The predicted octanol–water partition coefficient (Wildman–Crippen LogP) is 14.3. The second-order valence-electron chi connectivity index (χ2n) is 15.2. The van der Waals surface area contributed by atoms with Crippen molar-refractivity contribution in [2.24, 2.45) is 5.41 Å². The zero-order valence-electron chi connectivity index (χ0n) is 32.6. The molecule has 49 heavy (non-hydrogen) atoms. The van der Waals surface area contributed by atoms with Crippen molar-refractivity contribution in [2.45, 2.75) is 232 Å². The molecular formula is C41H82O6P2. The summed E-state index contributed by atoms with van der Waals surface area (Å²) in [5.41, 5.74) is -0.555. The standard InChI is InChI=1S/C41H82O6P2/c1-3-5-7-9-11-13-15-17-19-21-23-25-27-29-31-33-35-42-39-41(37-44-48-45-38-41)40(47-49-46-39)43-36-34-32-30-28-26-24-22-20-18-16-14-12-10-8-6-4-2/h39-40,48-49H,3-38H2,1-2H3. The zero-order valence-corrected chi connectivity index (χ0v) is 34.6. The van der Waals surface area contributed by atoms with Crippen molar-refractivity contribution in [3.05, 3.63) is 0 Å². The van der Waals surface area contributed by atoms with E-state index in [-0.39, 0.29) is 18.1 Å². The third kappa shape index (κ3) is 23.8. The summed E-state index contributed by atoms with van der Waals surface area (Å²) in [5, 5.41) is 0. The Morgan fingerprint density at radius 1 is 0.388 bits per heavy atom. The molecule has 0 saturated carbocycles. The highest BCUT2D eigenvalue weighted by molar-refractivity contribution is 7.26. The Bertz CT molecular complexity index is 632. The summed E-state index contributed by atoms with van der Waals surface area (Å²) in [6, 6.07) is 0. The van der Waals surface area contributed by atoms with E-state index in [1.807, 2.05) is 0 Å². The van der Waals surface area contributed by atoms with Crippen molar-refractivity contribution in [2.75, 3.05) is 26.4 Å². The van der Waals surface area contributed by atoms with Crippen molar-refractivity contribution in [1.82, 2.24) is 0 Å². The van der Waals surface area contributed by atoms with E-state index in [1.165, 1.54) is 193 Å². The lowest BCUT2D eigenvalue weighted by atomic mass is 9.88. The topological polar surface area (TPSA) is 55.4 Å². The molecule has 8 heteroatoms. The number of hydrogen-bond donors (Lipinski definition) is 0. The van der Waals surface area contributed by atoms with Crippen molar-refractivity contribution in [1.29, 1.82) is 0 Å². The molecule has 2 heterocycles. The summed E-state index contributed by atoms with van der Waals surface area (Å²) < 4.78 is 36.3. The molecule has 0 radical (unpaired) electrons. The van der Waals surface area contributed by atoms with Crippen molar-refractivity contribution >= 4 is 18.1 Å². The lowest BCUT2D eigenvalue weighted by molar-refractivity contribution is -0.292. The molecule has 2 fully saturated rings. The third-order valence-corrected chi connectivity index (χ3v) is 11.7.